The van der Waals surface area contributed by atoms with Crippen LogP contribution in [0.25, 0.3) is 0 Å². The minimum atomic E-state index is -4.04. The first-order valence-corrected chi connectivity index (χ1v) is 7.53. The molecule has 0 spiro atoms. The van der Waals surface area contributed by atoms with Crippen LogP contribution in [0.5, 0.6) is 5.75 Å². The first kappa shape index (κ1) is 16.1. The highest BCUT2D eigenvalue weighted by atomic mass is 19.4. The Labute approximate surface area is 123 Å². The van der Waals surface area contributed by atoms with Gasteiger partial charge in [0.25, 0.3) is 0 Å². The Morgan fingerprint density at radius 2 is 1.90 bits per heavy atom. The molecule has 5 heteroatoms. The Morgan fingerprint density at radius 3 is 2.62 bits per heavy atom. The molecule has 2 nitrogen and oxygen atoms in total. The molecule has 2 atom stereocenters. The van der Waals surface area contributed by atoms with Gasteiger partial charge in [0.15, 0.2) is 0 Å². The Balaban J connectivity index is 1.60. The van der Waals surface area contributed by atoms with E-state index in [1.54, 1.807) is 0 Å². The summed E-state index contributed by atoms with van der Waals surface area (Å²) in [6.45, 7) is 1.27. The van der Waals surface area contributed by atoms with Gasteiger partial charge in [-0.2, -0.15) is 13.2 Å². The molecule has 21 heavy (non-hydrogen) atoms. The van der Waals surface area contributed by atoms with Crippen molar-refractivity contribution in [3.05, 3.63) is 30.3 Å². The number of ether oxygens (including phenoxy) is 1. The molecule has 1 aliphatic carbocycles. The number of rotatable bonds is 6. The van der Waals surface area contributed by atoms with E-state index >= 15 is 0 Å². The van der Waals surface area contributed by atoms with E-state index in [1.165, 1.54) is 0 Å². The van der Waals surface area contributed by atoms with Gasteiger partial charge in [0.05, 0.1) is 12.5 Å². The van der Waals surface area contributed by atoms with Crippen molar-refractivity contribution in [3.63, 3.8) is 0 Å². The predicted octanol–water partition coefficient (Wildman–Crippen LogP) is 4.17. The summed E-state index contributed by atoms with van der Waals surface area (Å²) in [4.78, 5) is 0. The third-order valence-electron chi connectivity index (χ3n) is 3.90. The fourth-order valence-electron chi connectivity index (χ4n) is 2.76. The molecule has 0 saturated heterocycles. The fraction of sp³-hybridized carbons (Fsp3) is 0.625. The minimum absolute atomic E-state index is 0.0119. The van der Waals surface area contributed by atoms with Gasteiger partial charge < -0.3 is 10.1 Å². The van der Waals surface area contributed by atoms with E-state index in [4.69, 9.17) is 4.74 Å². The number of halogens is 3. The molecule has 1 fully saturated rings. The molecular formula is C16H22F3NO. The van der Waals surface area contributed by atoms with Crippen LogP contribution in [0.3, 0.4) is 0 Å². The standard InChI is InChI=1S/C16H22F3NO/c17-16(18,19)13-6-4-7-14(12-13)20-10-5-11-21-15-8-2-1-3-9-15/h1-3,8-9,13-14,20H,4-7,10-12H2. The fourth-order valence-corrected chi connectivity index (χ4v) is 2.76. The zero-order valence-electron chi connectivity index (χ0n) is 12.0. The summed E-state index contributed by atoms with van der Waals surface area (Å²) in [5, 5.41) is 3.23. The summed E-state index contributed by atoms with van der Waals surface area (Å²) in [5.74, 6) is -0.309. The van der Waals surface area contributed by atoms with E-state index in [1.807, 2.05) is 30.3 Å². The largest absolute Gasteiger partial charge is 0.494 e. The molecular weight excluding hydrogens is 279 g/mol. The second-order valence-electron chi connectivity index (χ2n) is 5.57. The van der Waals surface area contributed by atoms with Gasteiger partial charge in [0.1, 0.15) is 5.75 Å². The molecule has 118 valence electrons. The minimum Gasteiger partial charge on any atom is -0.494 e. The van der Waals surface area contributed by atoms with Gasteiger partial charge in [-0.3, -0.25) is 0 Å². The van der Waals surface area contributed by atoms with Crippen LogP contribution in [0.1, 0.15) is 32.1 Å². The molecule has 0 radical (unpaired) electrons. The average molecular weight is 301 g/mol. The summed E-state index contributed by atoms with van der Waals surface area (Å²) in [7, 11) is 0. The summed E-state index contributed by atoms with van der Waals surface area (Å²) in [6, 6.07) is 9.52. The molecule has 1 aliphatic rings. The maximum Gasteiger partial charge on any atom is 0.391 e. The Bertz CT molecular complexity index is 408. The van der Waals surface area contributed by atoms with Gasteiger partial charge in [-0.15, -0.1) is 0 Å². The van der Waals surface area contributed by atoms with Gasteiger partial charge in [0, 0.05) is 6.04 Å². The van der Waals surface area contributed by atoms with E-state index in [0.29, 0.717) is 19.6 Å². The average Bonchev–Trinajstić information content (AvgIpc) is 2.47. The van der Waals surface area contributed by atoms with E-state index in [9.17, 15) is 13.2 Å². The molecule has 0 bridgehead atoms. The van der Waals surface area contributed by atoms with Crippen LogP contribution in [0.4, 0.5) is 13.2 Å². The van der Waals surface area contributed by atoms with Crippen molar-refractivity contribution in [1.29, 1.82) is 0 Å². The first-order valence-electron chi connectivity index (χ1n) is 7.53. The quantitative estimate of drug-likeness (QED) is 0.796. The smallest absolute Gasteiger partial charge is 0.391 e. The highest BCUT2D eigenvalue weighted by Crippen LogP contribution is 2.37. The molecule has 0 aromatic heterocycles. The lowest BCUT2D eigenvalue weighted by atomic mass is 9.85. The summed E-state index contributed by atoms with van der Waals surface area (Å²) in [5.41, 5.74) is 0. The van der Waals surface area contributed by atoms with Crippen molar-refractivity contribution in [2.24, 2.45) is 5.92 Å². The monoisotopic (exact) mass is 301 g/mol. The molecule has 0 amide bonds. The van der Waals surface area contributed by atoms with Crippen LogP contribution in [-0.4, -0.2) is 25.4 Å². The van der Waals surface area contributed by atoms with Crippen LogP contribution in [0, 0.1) is 5.92 Å². The molecule has 1 aromatic carbocycles. The number of alkyl halides is 3. The maximum absolute atomic E-state index is 12.7. The summed E-state index contributed by atoms with van der Waals surface area (Å²) < 4.78 is 43.6. The number of benzene rings is 1. The number of hydrogen-bond donors (Lipinski definition) is 1. The molecule has 2 rings (SSSR count). The lowest BCUT2D eigenvalue weighted by Gasteiger charge is -2.31. The SMILES string of the molecule is FC(F)(F)C1CCCC(NCCCOc2ccccc2)C1. The molecule has 1 aromatic rings. The van der Waals surface area contributed by atoms with Crippen molar-refractivity contribution in [2.75, 3.05) is 13.2 Å². The second kappa shape index (κ2) is 7.69. The first-order chi connectivity index (χ1) is 10.1. The topological polar surface area (TPSA) is 21.3 Å². The molecule has 2 unspecified atom stereocenters. The number of nitrogens with one attached hydrogen (secondary N) is 1. The highest BCUT2D eigenvalue weighted by Gasteiger charge is 2.41. The molecule has 0 heterocycles. The Hall–Kier alpha value is -1.23. The van der Waals surface area contributed by atoms with Crippen LogP contribution in [-0.2, 0) is 0 Å². The van der Waals surface area contributed by atoms with E-state index in [0.717, 1.165) is 18.6 Å². The van der Waals surface area contributed by atoms with Gasteiger partial charge in [-0.25, -0.2) is 0 Å². The second-order valence-corrected chi connectivity index (χ2v) is 5.57. The van der Waals surface area contributed by atoms with E-state index < -0.39 is 12.1 Å². The maximum atomic E-state index is 12.7. The lowest BCUT2D eigenvalue weighted by Crippen LogP contribution is -2.39. The third kappa shape index (κ3) is 5.58. The molecule has 1 saturated carbocycles. The van der Waals surface area contributed by atoms with Crippen LogP contribution >= 0.6 is 0 Å². The van der Waals surface area contributed by atoms with Crippen LogP contribution in [0.2, 0.25) is 0 Å². The van der Waals surface area contributed by atoms with Crippen LogP contribution < -0.4 is 10.1 Å². The Morgan fingerprint density at radius 1 is 1.14 bits per heavy atom. The van der Waals surface area contributed by atoms with Gasteiger partial charge in [-0.1, -0.05) is 24.6 Å². The third-order valence-corrected chi connectivity index (χ3v) is 3.90. The number of para-hydroxylation sites is 1. The predicted molar refractivity (Wildman–Crippen MR) is 76.4 cm³/mol. The van der Waals surface area contributed by atoms with E-state index in [-0.39, 0.29) is 18.9 Å². The summed E-state index contributed by atoms with van der Waals surface area (Å²) >= 11 is 0. The molecule has 0 aliphatic heterocycles. The van der Waals surface area contributed by atoms with Crippen molar-refractivity contribution >= 4 is 0 Å². The summed E-state index contributed by atoms with van der Waals surface area (Å²) in [6.07, 6.45) is -1.27. The van der Waals surface area contributed by atoms with Crippen molar-refractivity contribution in [1.82, 2.24) is 5.32 Å². The van der Waals surface area contributed by atoms with Crippen molar-refractivity contribution < 1.29 is 17.9 Å². The van der Waals surface area contributed by atoms with Gasteiger partial charge in [0.2, 0.25) is 0 Å². The molecule has 1 N–H and O–H groups in total. The zero-order valence-corrected chi connectivity index (χ0v) is 12.0. The lowest BCUT2D eigenvalue weighted by molar-refractivity contribution is -0.183. The normalized spacial score (nSPS) is 23.0. The van der Waals surface area contributed by atoms with E-state index in [2.05, 4.69) is 5.32 Å². The Kier molecular flexibility index (Phi) is 5.91. The highest BCUT2D eigenvalue weighted by molar-refractivity contribution is 5.20. The number of hydrogen-bond acceptors (Lipinski definition) is 2. The van der Waals surface area contributed by atoms with Crippen molar-refractivity contribution in [3.8, 4) is 5.75 Å². The van der Waals surface area contributed by atoms with Crippen molar-refractivity contribution in [2.45, 2.75) is 44.3 Å². The van der Waals surface area contributed by atoms with Gasteiger partial charge >= 0.3 is 6.18 Å². The van der Waals surface area contributed by atoms with Gasteiger partial charge in [-0.05, 0) is 44.4 Å². The van der Waals surface area contributed by atoms with Crippen LogP contribution in [0.15, 0.2) is 30.3 Å². The zero-order chi connectivity index (χ0) is 15.1.